The molecule has 2 aromatic carbocycles. The van der Waals surface area contributed by atoms with Crippen LogP contribution in [0.2, 0.25) is 0 Å². The minimum Gasteiger partial charge on any atom is -0.508 e. The Balaban J connectivity index is 1.18. The summed E-state index contributed by atoms with van der Waals surface area (Å²) in [5, 5.41) is 12.1. The highest BCUT2D eigenvalue weighted by Crippen LogP contribution is 2.45. The van der Waals surface area contributed by atoms with E-state index in [9.17, 15) is 9.90 Å². The number of halogens is 2. The summed E-state index contributed by atoms with van der Waals surface area (Å²) in [5.41, 5.74) is 0.230. The van der Waals surface area contributed by atoms with E-state index in [0.29, 0.717) is 66.6 Å². The molecule has 4 aliphatic rings. The first kappa shape index (κ1) is 36.6. The first-order valence-electron chi connectivity index (χ1n) is 19.7. The largest absolute Gasteiger partial charge is 0.519 e. The summed E-state index contributed by atoms with van der Waals surface area (Å²) in [6.07, 6.45) is 11.6. The van der Waals surface area contributed by atoms with Gasteiger partial charge >= 0.3 is 11.8 Å². The van der Waals surface area contributed by atoms with Crippen molar-refractivity contribution in [2.75, 3.05) is 44.2 Å². The number of phenolic OH excluding ortho intramolecular Hbond substituents is 1. The van der Waals surface area contributed by atoms with Crippen LogP contribution in [0.4, 0.5) is 14.6 Å². The maximum absolute atomic E-state index is 17.5. The van der Waals surface area contributed by atoms with Crippen LogP contribution in [0.3, 0.4) is 0 Å². The fraction of sp³-hybridized carbons (Fsp3) is 0.488. The summed E-state index contributed by atoms with van der Waals surface area (Å²) in [4.78, 5) is 34.1. The third-order valence-electron chi connectivity index (χ3n) is 12.4. The summed E-state index contributed by atoms with van der Waals surface area (Å²) in [7, 11) is 0. The fourth-order valence-corrected chi connectivity index (χ4v) is 9.74. The zero-order valence-electron chi connectivity index (χ0n) is 32.3. The van der Waals surface area contributed by atoms with Crippen LogP contribution < -0.4 is 15.5 Å². The molecule has 2 atom stereocenters. The van der Waals surface area contributed by atoms with Crippen LogP contribution in [0.25, 0.3) is 32.9 Å². The smallest absolute Gasteiger partial charge is 0.508 e. The van der Waals surface area contributed by atoms with Crippen LogP contribution in [-0.2, 0) is 12.0 Å². The average Bonchev–Trinajstić information content (AvgIpc) is 3.86. The Hall–Kier alpha value is -5.06. The lowest BCUT2D eigenvalue weighted by atomic mass is 9.89. The zero-order valence-corrected chi connectivity index (χ0v) is 32.3. The van der Waals surface area contributed by atoms with Gasteiger partial charge in [-0.1, -0.05) is 39.7 Å². The molecular weight excluding hydrogens is 719 g/mol. The number of nitrogens with zero attached hydrogens (tertiary/aromatic N) is 6. The number of hydrogen-bond donors (Lipinski definition) is 1. The molecule has 0 spiro atoms. The van der Waals surface area contributed by atoms with Gasteiger partial charge in [-0.25, -0.2) is 18.6 Å². The number of hydrogen-bond acceptors (Lipinski definition) is 11. The maximum Gasteiger partial charge on any atom is 0.519 e. The van der Waals surface area contributed by atoms with E-state index in [-0.39, 0.29) is 57.0 Å². The molecular formula is C43H46F2N6O5. The van der Waals surface area contributed by atoms with E-state index in [1.807, 2.05) is 20.8 Å². The second kappa shape index (κ2) is 13.6. The molecule has 9 rings (SSSR count). The molecule has 292 valence electrons. The highest BCUT2D eigenvalue weighted by atomic mass is 19.1. The molecule has 0 saturated carbocycles. The normalized spacial score (nSPS) is 21.2. The molecule has 13 heteroatoms. The van der Waals surface area contributed by atoms with Gasteiger partial charge in [-0.2, -0.15) is 9.97 Å². The Morgan fingerprint density at radius 3 is 2.57 bits per heavy atom. The van der Waals surface area contributed by atoms with E-state index in [4.69, 9.17) is 34.9 Å². The van der Waals surface area contributed by atoms with Crippen molar-refractivity contribution in [1.29, 1.82) is 0 Å². The van der Waals surface area contributed by atoms with E-state index in [1.165, 1.54) is 24.3 Å². The maximum atomic E-state index is 17.5. The molecule has 3 aromatic heterocycles. The van der Waals surface area contributed by atoms with Crippen molar-refractivity contribution in [1.82, 2.24) is 24.8 Å². The van der Waals surface area contributed by atoms with Gasteiger partial charge in [0.15, 0.2) is 17.3 Å². The monoisotopic (exact) mass is 764 g/mol. The predicted molar refractivity (Wildman–Crippen MR) is 208 cm³/mol. The number of terminal acetylenes is 1. The predicted octanol–water partition coefficient (Wildman–Crippen LogP) is 7.25. The SMILES string of the molecule is C#Cc1c(F)ccc2cc(O)cc(-c3nc4c5c(nc(OCC67CCCN6CCC7)nc5c3F)N3CCN(Cc5oc(=O)oc5C(C)(C)C)CC3CC[C@H]4C)c12. The summed E-state index contributed by atoms with van der Waals surface area (Å²) >= 11 is 0. The molecule has 0 bridgehead atoms. The Morgan fingerprint density at radius 1 is 1.04 bits per heavy atom. The first-order chi connectivity index (χ1) is 26.8. The molecule has 7 heterocycles. The van der Waals surface area contributed by atoms with E-state index < -0.39 is 22.9 Å². The Kier molecular flexibility index (Phi) is 8.85. The second-order valence-electron chi connectivity index (χ2n) is 17.1. The summed E-state index contributed by atoms with van der Waals surface area (Å²) < 4.78 is 50.2. The van der Waals surface area contributed by atoms with E-state index in [1.54, 1.807) is 0 Å². The zero-order chi connectivity index (χ0) is 39.1. The van der Waals surface area contributed by atoms with Gasteiger partial charge in [-0.3, -0.25) is 9.80 Å². The second-order valence-corrected chi connectivity index (χ2v) is 17.1. The molecule has 1 unspecified atom stereocenters. The van der Waals surface area contributed by atoms with Crippen LogP contribution in [0.1, 0.15) is 94.9 Å². The molecule has 56 heavy (non-hydrogen) atoms. The summed E-state index contributed by atoms with van der Waals surface area (Å²) in [6.45, 7) is 12.7. The summed E-state index contributed by atoms with van der Waals surface area (Å²) in [5.74, 6) is 1.72. The minimum absolute atomic E-state index is 0.0142. The number of aromatic nitrogens is 3. The Bertz CT molecular complexity index is 2470. The van der Waals surface area contributed by atoms with Gasteiger partial charge in [0, 0.05) is 42.0 Å². The topological polar surface area (TPSA) is 121 Å². The van der Waals surface area contributed by atoms with Gasteiger partial charge < -0.3 is 23.6 Å². The van der Waals surface area contributed by atoms with E-state index in [0.717, 1.165) is 51.6 Å². The molecule has 0 aliphatic carbocycles. The van der Waals surface area contributed by atoms with Crippen LogP contribution in [0, 0.1) is 24.0 Å². The van der Waals surface area contributed by atoms with Crippen LogP contribution in [0.15, 0.2) is 37.9 Å². The number of pyridine rings is 1. The van der Waals surface area contributed by atoms with Gasteiger partial charge in [0.25, 0.3) is 0 Å². The number of aromatic hydroxyl groups is 1. The number of ether oxygens (including phenoxy) is 1. The molecule has 11 nitrogen and oxygen atoms in total. The lowest BCUT2D eigenvalue weighted by Gasteiger charge is -2.44. The molecule has 3 saturated heterocycles. The van der Waals surface area contributed by atoms with Gasteiger partial charge in [-0.05, 0) is 81.1 Å². The third kappa shape index (κ3) is 6.09. The van der Waals surface area contributed by atoms with Crippen molar-refractivity contribution < 1.29 is 27.5 Å². The molecule has 0 amide bonds. The number of piperazine rings is 1. The minimum atomic E-state index is -0.731. The molecule has 1 N–H and O–H groups in total. The number of phenols is 1. The van der Waals surface area contributed by atoms with Crippen LogP contribution >= 0.6 is 0 Å². The van der Waals surface area contributed by atoms with Gasteiger partial charge in [0.1, 0.15) is 35.2 Å². The van der Waals surface area contributed by atoms with E-state index >= 15 is 8.78 Å². The van der Waals surface area contributed by atoms with Crippen molar-refractivity contribution in [3.63, 3.8) is 0 Å². The Morgan fingerprint density at radius 2 is 1.82 bits per heavy atom. The molecule has 3 fully saturated rings. The Labute approximate surface area is 323 Å². The molecule has 5 aromatic rings. The fourth-order valence-electron chi connectivity index (χ4n) is 9.74. The third-order valence-corrected chi connectivity index (χ3v) is 12.4. The number of fused-ring (bicyclic) bond motifs is 4. The first-order valence-corrected chi connectivity index (χ1v) is 19.7. The van der Waals surface area contributed by atoms with Crippen molar-refractivity contribution in [2.45, 2.75) is 95.7 Å². The number of benzene rings is 2. The highest BCUT2D eigenvalue weighted by molar-refractivity contribution is 6.03. The van der Waals surface area contributed by atoms with Crippen molar-refractivity contribution in [2.24, 2.45) is 0 Å². The van der Waals surface area contributed by atoms with Crippen molar-refractivity contribution >= 4 is 27.5 Å². The quantitative estimate of drug-likeness (QED) is 0.176. The van der Waals surface area contributed by atoms with Crippen molar-refractivity contribution in [3.05, 3.63) is 69.3 Å². The van der Waals surface area contributed by atoms with Crippen LogP contribution in [0.5, 0.6) is 11.8 Å². The van der Waals surface area contributed by atoms with Gasteiger partial charge in [-0.15, -0.1) is 6.42 Å². The average molecular weight is 765 g/mol. The van der Waals surface area contributed by atoms with Gasteiger partial charge in [0.05, 0.1) is 28.7 Å². The highest BCUT2D eigenvalue weighted by Gasteiger charge is 2.45. The molecule has 0 radical (unpaired) electrons. The number of rotatable bonds is 6. The number of anilines is 1. The lowest BCUT2D eigenvalue weighted by Crippen LogP contribution is -2.53. The summed E-state index contributed by atoms with van der Waals surface area (Å²) in [6, 6.07) is 5.69. The molecule has 4 aliphatic heterocycles. The standard InChI is InChI=1S/C43H46F2N6O5/c1-6-28-30(44)12-10-25-19-27(52)20-29(32(25)28)36-34(45)37-33-35(46-36)24(2)9-11-26-21-49(22-31-38(42(3,4)5)56-41(53)55-31)17-18-51(26)39(33)48-40(47-37)54-23-43-13-7-15-50(43)16-8-14-43/h1,10,12,19-20,24,26,52H,7-9,11,13-18,21-23H2,2-5H3/t24-,26?/m1/s1. The van der Waals surface area contributed by atoms with Crippen molar-refractivity contribution in [3.8, 4) is 35.4 Å². The lowest BCUT2D eigenvalue weighted by molar-refractivity contribution is 0.107. The van der Waals surface area contributed by atoms with Crippen LogP contribution in [-0.4, -0.2) is 80.8 Å². The van der Waals surface area contributed by atoms with E-state index in [2.05, 4.69) is 27.5 Å². The van der Waals surface area contributed by atoms with Gasteiger partial charge in [0.2, 0.25) is 0 Å².